The van der Waals surface area contributed by atoms with Crippen LogP contribution in [0.5, 0.6) is 0 Å². The molecule has 0 heterocycles. The summed E-state index contributed by atoms with van der Waals surface area (Å²) in [5.41, 5.74) is 0. The number of carboxylic acids is 2. The molecule has 0 aliphatic carbocycles. The van der Waals surface area contributed by atoms with Gasteiger partial charge in [-0.3, -0.25) is 9.59 Å². The van der Waals surface area contributed by atoms with Gasteiger partial charge in [0.15, 0.2) is 0 Å². The van der Waals surface area contributed by atoms with Crippen LogP contribution in [0.4, 0.5) is 0 Å². The quantitative estimate of drug-likeness (QED) is 0.606. The molecule has 4 nitrogen and oxygen atoms in total. The monoisotopic (exact) mass is 349 g/mol. The number of hydrogen-bond donors (Lipinski definition) is 2. The number of hydrogen-bond acceptors (Lipinski definition) is 2. The summed E-state index contributed by atoms with van der Waals surface area (Å²) in [5.74, 6) is -1.67. The van der Waals surface area contributed by atoms with Gasteiger partial charge in [0.25, 0.3) is 11.9 Å². The SMILES string of the molecule is CC(=O)O.CC(=O)O.[Ba+2].[H-].[H-].[Y]. The van der Waals surface area contributed by atoms with Gasteiger partial charge in [-0.25, -0.2) is 0 Å². The fourth-order valence-electron chi connectivity index (χ4n) is 0. The molecule has 0 atom stereocenters. The normalized spacial score (nSPS) is 5.00. The number of carbonyl (C=O) groups is 2. The summed E-state index contributed by atoms with van der Waals surface area (Å²) >= 11 is 0. The van der Waals surface area contributed by atoms with Crippen LogP contribution in [0.3, 0.4) is 0 Å². The maximum absolute atomic E-state index is 9.00. The number of carboxylic acid groups (broad SMARTS) is 2. The second-order valence-corrected chi connectivity index (χ2v) is 1.04. The van der Waals surface area contributed by atoms with E-state index < -0.39 is 11.9 Å². The fraction of sp³-hybridized carbons (Fsp3) is 0.500. The number of aliphatic carboxylic acids is 2. The Bertz CT molecular complexity index is 83.1. The summed E-state index contributed by atoms with van der Waals surface area (Å²) in [4.78, 5) is 18.0. The molecule has 0 aromatic heterocycles. The van der Waals surface area contributed by atoms with Gasteiger partial charge in [-0.15, -0.1) is 0 Å². The molecular weight excluding hydrogens is 338 g/mol. The molecule has 0 saturated carbocycles. The third kappa shape index (κ3) is 274. The van der Waals surface area contributed by atoms with Crippen molar-refractivity contribution in [2.24, 2.45) is 0 Å². The molecule has 0 unspecified atom stereocenters. The van der Waals surface area contributed by atoms with Gasteiger partial charge in [-0.1, -0.05) is 0 Å². The molecule has 0 amide bonds. The Kier molecular flexibility index (Phi) is 38.2. The Morgan fingerprint density at radius 2 is 1.10 bits per heavy atom. The second-order valence-electron chi connectivity index (χ2n) is 1.04. The zero-order valence-corrected chi connectivity index (χ0v) is 13.3. The van der Waals surface area contributed by atoms with Crippen molar-refractivity contribution in [1.82, 2.24) is 0 Å². The first-order chi connectivity index (χ1) is 3.46. The Morgan fingerprint density at radius 1 is 1.10 bits per heavy atom. The molecule has 55 valence electrons. The molecule has 10 heavy (non-hydrogen) atoms. The predicted octanol–water partition coefficient (Wildman–Crippen LogP) is 0.0235. The van der Waals surface area contributed by atoms with Gasteiger partial charge in [0.1, 0.15) is 0 Å². The first kappa shape index (κ1) is 22.6. The minimum atomic E-state index is -0.833. The van der Waals surface area contributed by atoms with Crippen molar-refractivity contribution in [2.45, 2.75) is 13.8 Å². The van der Waals surface area contributed by atoms with Crippen LogP contribution < -0.4 is 0 Å². The van der Waals surface area contributed by atoms with Crippen LogP contribution in [0.2, 0.25) is 0 Å². The van der Waals surface area contributed by atoms with Gasteiger partial charge in [0, 0.05) is 46.6 Å². The smallest absolute Gasteiger partial charge is 1.00 e. The Labute approximate surface area is 128 Å². The van der Waals surface area contributed by atoms with Crippen molar-refractivity contribution in [3.05, 3.63) is 0 Å². The standard InChI is InChI=1S/2C2H4O2.Ba.Y.2H/c2*1-2(3)4;;;;/h2*1H3,(H,3,4);;;;/q;;+2;;2*-1. The third-order valence-corrected chi connectivity index (χ3v) is 0. The van der Waals surface area contributed by atoms with E-state index in [1.165, 1.54) is 0 Å². The molecule has 6 heteroatoms. The Hall–Kier alpha value is 1.62. The molecule has 2 N–H and O–H groups in total. The average molecular weight is 348 g/mol. The van der Waals surface area contributed by atoms with Crippen LogP contribution in [0.25, 0.3) is 0 Å². The minimum Gasteiger partial charge on any atom is -1.00 e. The van der Waals surface area contributed by atoms with E-state index in [1.54, 1.807) is 0 Å². The van der Waals surface area contributed by atoms with E-state index in [0.29, 0.717) is 0 Å². The predicted molar refractivity (Wildman–Crippen MR) is 34.6 cm³/mol. The van der Waals surface area contributed by atoms with Gasteiger partial charge in [0.05, 0.1) is 0 Å². The van der Waals surface area contributed by atoms with Crippen molar-refractivity contribution in [1.29, 1.82) is 0 Å². The summed E-state index contributed by atoms with van der Waals surface area (Å²) in [6.45, 7) is 2.17. The van der Waals surface area contributed by atoms with E-state index in [0.717, 1.165) is 13.8 Å². The van der Waals surface area contributed by atoms with Crippen molar-refractivity contribution in [2.75, 3.05) is 0 Å². The first-order valence-electron chi connectivity index (χ1n) is 1.86. The molecule has 0 bridgehead atoms. The van der Waals surface area contributed by atoms with Crippen LogP contribution in [0.1, 0.15) is 16.7 Å². The molecule has 0 spiro atoms. The summed E-state index contributed by atoms with van der Waals surface area (Å²) in [6.07, 6.45) is 0. The van der Waals surface area contributed by atoms with Crippen LogP contribution in [0.15, 0.2) is 0 Å². The third-order valence-electron chi connectivity index (χ3n) is 0. The minimum absolute atomic E-state index is 0. The van der Waals surface area contributed by atoms with Crippen LogP contribution >= 0.6 is 0 Å². The summed E-state index contributed by atoms with van der Waals surface area (Å²) in [7, 11) is 0. The van der Waals surface area contributed by atoms with E-state index in [2.05, 4.69) is 0 Å². The second kappa shape index (κ2) is 16.9. The van der Waals surface area contributed by atoms with Crippen LogP contribution in [-0.2, 0) is 42.3 Å². The largest absolute Gasteiger partial charge is 2.00 e. The molecular formula is C4H10BaO4Y. The molecule has 0 aliphatic rings. The Morgan fingerprint density at radius 3 is 1.10 bits per heavy atom. The average Bonchev–Trinajstić information content (AvgIpc) is 1.25. The van der Waals surface area contributed by atoms with Crippen LogP contribution in [0, 0.1) is 0 Å². The van der Waals surface area contributed by atoms with Gasteiger partial charge in [0.2, 0.25) is 0 Å². The molecule has 0 aliphatic heterocycles. The van der Waals surface area contributed by atoms with Gasteiger partial charge < -0.3 is 13.1 Å². The molecule has 1 radical (unpaired) electrons. The van der Waals surface area contributed by atoms with Crippen LogP contribution in [-0.4, -0.2) is 71.0 Å². The molecule has 0 rings (SSSR count). The Balaban J connectivity index is -0.0000000112. The zero-order valence-electron chi connectivity index (χ0n) is 8.00. The number of rotatable bonds is 0. The summed E-state index contributed by atoms with van der Waals surface area (Å²) < 4.78 is 0. The molecule has 0 fully saturated rings. The van der Waals surface area contributed by atoms with E-state index in [4.69, 9.17) is 19.8 Å². The summed E-state index contributed by atoms with van der Waals surface area (Å²) in [6, 6.07) is 0. The maximum atomic E-state index is 9.00. The van der Waals surface area contributed by atoms with Crippen molar-refractivity contribution in [3.8, 4) is 0 Å². The zero-order chi connectivity index (χ0) is 7.15. The molecule has 0 aromatic carbocycles. The van der Waals surface area contributed by atoms with Gasteiger partial charge >= 0.3 is 48.9 Å². The van der Waals surface area contributed by atoms with Gasteiger partial charge in [-0.2, -0.15) is 0 Å². The van der Waals surface area contributed by atoms with Gasteiger partial charge in [-0.05, 0) is 0 Å². The van der Waals surface area contributed by atoms with E-state index in [9.17, 15) is 0 Å². The summed E-state index contributed by atoms with van der Waals surface area (Å²) in [5, 5.41) is 14.8. The van der Waals surface area contributed by atoms with Crippen molar-refractivity contribution in [3.63, 3.8) is 0 Å². The maximum Gasteiger partial charge on any atom is 2.00 e. The van der Waals surface area contributed by atoms with Crippen molar-refractivity contribution >= 4 is 60.8 Å². The van der Waals surface area contributed by atoms with E-state index >= 15 is 0 Å². The topological polar surface area (TPSA) is 74.6 Å². The van der Waals surface area contributed by atoms with Crippen molar-refractivity contribution < 1.29 is 55.4 Å². The van der Waals surface area contributed by atoms with E-state index in [-0.39, 0.29) is 84.4 Å². The van der Waals surface area contributed by atoms with E-state index in [1.807, 2.05) is 0 Å². The molecule has 0 saturated heterocycles. The first-order valence-corrected chi connectivity index (χ1v) is 1.86. The molecule has 0 aromatic rings. The fourth-order valence-corrected chi connectivity index (χ4v) is 0.